The van der Waals surface area contributed by atoms with Crippen LogP contribution in [0.3, 0.4) is 0 Å². The van der Waals surface area contributed by atoms with E-state index in [4.69, 9.17) is 14.2 Å². The topological polar surface area (TPSA) is 65.5 Å². The maximum absolute atomic E-state index is 5.44. The van der Waals surface area contributed by atoms with E-state index in [2.05, 4.69) is 35.2 Å². The zero-order valence-electron chi connectivity index (χ0n) is 12.9. The first-order chi connectivity index (χ1) is 10.6. The Hall–Kier alpha value is -2.50. The fraction of sp³-hybridized carbons (Fsp3) is 0.375. The van der Waals surface area contributed by atoms with Gasteiger partial charge in [0.15, 0.2) is 11.5 Å². The van der Waals surface area contributed by atoms with Crippen LogP contribution < -0.4 is 19.5 Å². The monoisotopic (exact) mass is 301 g/mol. The summed E-state index contributed by atoms with van der Waals surface area (Å²) in [5.74, 6) is 2.68. The summed E-state index contributed by atoms with van der Waals surface area (Å²) in [7, 11) is 1.59. The number of anilines is 1. The molecule has 0 aliphatic carbocycles. The Kier molecular flexibility index (Phi) is 3.75. The number of hydrogen-bond donors (Lipinski definition) is 1. The molecule has 1 aromatic carbocycles. The maximum atomic E-state index is 5.44. The number of ether oxygens (including phenoxy) is 3. The van der Waals surface area contributed by atoms with Crippen molar-refractivity contribution in [2.24, 2.45) is 0 Å². The van der Waals surface area contributed by atoms with Gasteiger partial charge in [0.1, 0.15) is 0 Å². The van der Waals surface area contributed by atoms with E-state index in [1.54, 1.807) is 19.4 Å². The van der Waals surface area contributed by atoms with Crippen molar-refractivity contribution in [3.8, 4) is 17.4 Å². The van der Waals surface area contributed by atoms with Crippen LogP contribution in [-0.4, -0.2) is 30.4 Å². The second kappa shape index (κ2) is 5.71. The molecule has 0 atom stereocenters. The fourth-order valence-corrected chi connectivity index (χ4v) is 2.26. The highest BCUT2D eigenvalue weighted by atomic mass is 16.7. The number of fused-ring (bicyclic) bond motifs is 1. The SMILES string of the molecule is COc1ccnc(NCC(C)(C)c2ccc3c(c2)OCO3)n1. The molecule has 0 spiro atoms. The summed E-state index contributed by atoms with van der Waals surface area (Å²) in [5.41, 5.74) is 1.04. The highest BCUT2D eigenvalue weighted by molar-refractivity contribution is 5.46. The van der Waals surface area contributed by atoms with Crippen LogP contribution in [0, 0.1) is 0 Å². The Morgan fingerprint density at radius 1 is 1.23 bits per heavy atom. The molecular formula is C16H19N3O3. The number of hydrogen-bond acceptors (Lipinski definition) is 6. The number of nitrogens with zero attached hydrogens (tertiary/aromatic N) is 2. The Bertz CT molecular complexity index is 673. The second-order valence-corrected chi connectivity index (χ2v) is 5.73. The molecular weight excluding hydrogens is 282 g/mol. The van der Waals surface area contributed by atoms with E-state index < -0.39 is 0 Å². The molecule has 2 aromatic rings. The molecule has 6 nitrogen and oxygen atoms in total. The van der Waals surface area contributed by atoms with Gasteiger partial charge in [0.2, 0.25) is 18.6 Å². The Balaban J connectivity index is 1.72. The number of rotatable bonds is 5. The Morgan fingerprint density at radius 3 is 2.86 bits per heavy atom. The molecule has 3 rings (SSSR count). The zero-order chi connectivity index (χ0) is 15.6. The molecule has 22 heavy (non-hydrogen) atoms. The first-order valence-electron chi connectivity index (χ1n) is 7.09. The van der Waals surface area contributed by atoms with Gasteiger partial charge in [0, 0.05) is 24.2 Å². The lowest BCUT2D eigenvalue weighted by Gasteiger charge is -2.26. The van der Waals surface area contributed by atoms with E-state index in [0.717, 1.165) is 17.1 Å². The van der Waals surface area contributed by atoms with E-state index in [0.29, 0.717) is 18.4 Å². The van der Waals surface area contributed by atoms with Crippen molar-refractivity contribution in [2.75, 3.05) is 25.8 Å². The largest absolute Gasteiger partial charge is 0.481 e. The lowest BCUT2D eigenvalue weighted by atomic mass is 9.84. The highest BCUT2D eigenvalue weighted by Gasteiger charge is 2.24. The molecule has 1 aliphatic heterocycles. The average Bonchev–Trinajstić information content (AvgIpc) is 3.01. The average molecular weight is 301 g/mol. The first-order valence-corrected chi connectivity index (χ1v) is 7.09. The van der Waals surface area contributed by atoms with Crippen LogP contribution in [0.2, 0.25) is 0 Å². The summed E-state index contributed by atoms with van der Waals surface area (Å²) < 4.78 is 15.9. The molecule has 0 bridgehead atoms. The third kappa shape index (κ3) is 2.90. The lowest BCUT2D eigenvalue weighted by molar-refractivity contribution is 0.174. The molecule has 0 fully saturated rings. The smallest absolute Gasteiger partial charge is 0.231 e. The van der Waals surface area contributed by atoms with Gasteiger partial charge in [-0.05, 0) is 17.7 Å². The Morgan fingerprint density at radius 2 is 2.05 bits per heavy atom. The Labute approximate surface area is 129 Å². The van der Waals surface area contributed by atoms with Gasteiger partial charge < -0.3 is 19.5 Å². The van der Waals surface area contributed by atoms with Crippen LogP contribution >= 0.6 is 0 Å². The summed E-state index contributed by atoms with van der Waals surface area (Å²) in [6, 6.07) is 7.74. The standard InChI is InChI=1S/C16H19N3O3/c1-16(2,9-18-15-17-7-6-14(19-15)20-3)11-4-5-12-13(8-11)22-10-21-12/h4-8H,9-10H2,1-3H3,(H,17,18,19). The van der Waals surface area contributed by atoms with Crippen molar-refractivity contribution in [3.05, 3.63) is 36.0 Å². The van der Waals surface area contributed by atoms with Crippen LogP contribution in [0.25, 0.3) is 0 Å². The molecule has 0 unspecified atom stereocenters. The quantitative estimate of drug-likeness (QED) is 0.915. The summed E-state index contributed by atoms with van der Waals surface area (Å²) in [6.45, 7) is 5.27. The zero-order valence-corrected chi connectivity index (χ0v) is 12.9. The predicted octanol–water partition coefficient (Wildman–Crippen LogP) is 2.60. The minimum Gasteiger partial charge on any atom is -0.481 e. The van der Waals surface area contributed by atoms with Crippen molar-refractivity contribution in [2.45, 2.75) is 19.3 Å². The first kappa shape index (κ1) is 14.4. The number of nitrogens with one attached hydrogen (secondary N) is 1. The fourth-order valence-electron chi connectivity index (χ4n) is 2.26. The van der Waals surface area contributed by atoms with Crippen LogP contribution in [-0.2, 0) is 5.41 Å². The van der Waals surface area contributed by atoms with Crippen molar-refractivity contribution in [1.82, 2.24) is 9.97 Å². The van der Waals surface area contributed by atoms with Gasteiger partial charge in [0.05, 0.1) is 7.11 Å². The van der Waals surface area contributed by atoms with Crippen LogP contribution in [0.5, 0.6) is 17.4 Å². The number of aromatic nitrogens is 2. The minimum atomic E-state index is -0.118. The summed E-state index contributed by atoms with van der Waals surface area (Å²) >= 11 is 0. The molecule has 1 aromatic heterocycles. The lowest BCUT2D eigenvalue weighted by Crippen LogP contribution is -2.28. The van der Waals surface area contributed by atoms with E-state index in [1.807, 2.05) is 12.1 Å². The van der Waals surface area contributed by atoms with Crippen molar-refractivity contribution in [1.29, 1.82) is 0 Å². The van der Waals surface area contributed by atoms with Gasteiger partial charge in [-0.3, -0.25) is 0 Å². The summed E-state index contributed by atoms with van der Waals surface area (Å²) in [5, 5.41) is 3.25. The molecule has 116 valence electrons. The molecule has 2 heterocycles. The normalized spacial score (nSPS) is 13.0. The van der Waals surface area contributed by atoms with Crippen molar-refractivity contribution < 1.29 is 14.2 Å². The van der Waals surface area contributed by atoms with E-state index in [1.165, 1.54) is 0 Å². The third-order valence-electron chi connectivity index (χ3n) is 3.68. The predicted molar refractivity (Wildman–Crippen MR) is 82.7 cm³/mol. The molecule has 0 radical (unpaired) electrons. The summed E-state index contributed by atoms with van der Waals surface area (Å²) in [6.07, 6.45) is 1.67. The van der Waals surface area contributed by atoms with Crippen LogP contribution in [0.4, 0.5) is 5.95 Å². The minimum absolute atomic E-state index is 0.118. The number of methoxy groups -OCH3 is 1. The highest BCUT2D eigenvalue weighted by Crippen LogP contribution is 2.36. The van der Waals surface area contributed by atoms with Gasteiger partial charge in [0.25, 0.3) is 0 Å². The molecule has 1 N–H and O–H groups in total. The summed E-state index contributed by atoms with van der Waals surface area (Å²) in [4.78, 5) is 8.45. The van der Waals surface area contributed by atoms with Crippen molar-refractivity contribution >= 4 is 5.95 Å². The number of benzene rings is 1. The second-order valence-electron chi connectivity index (χ2n) is 5.73. The van der Waals surface area contributed by atoms with E-state index >= 15 is 0 Å². The van der Waals surface area contributed by atoms with Gasteiger partial charge in [-0.2, -0.15) is 4.98 Å². The van der Waals surface area contributed by atoms with E-state index in [9.17, 15) is 0 Å². The molecule has 0 saturated heterocycles. The molecule has 0 saturated carbocycles. The molecule has 6 heteroatoms. The molecule has 0 amide bonds. The van der Waals surface area contributed by atoms with Gasteiger partial charge >= 0.3 is 0 Å². The molecule has 1 aliphatic rings. The maximum Gasteiger partial charge on any atom is 0.231 e. The third-order valence-corrected chi connectivity index (χ3v) is 3.68. The van der Waals surface area contributed by atoms with Crippen LogP contribution in [0.1, 0.15) is 19.4 Å². The van der Waals surface area contributed by atoms with Crippen LogP contribution in [0.15, 0.2) is 30.5 Å². The van der Waals surface area contributed by atoms with E-state index in [-0.39, 0.29) is 12.2 Å². The van der Waals surface area contributed by atoms with Gasteiger partial charge in [-0.15, -0.1) is 0 Å². The van der Waals surface area contributed by atoms with Gasteiger partial charge in [-0.1, -0.05) is 19.9 Å². The van der Waals surface area contributed by atoms with Crippen molar-refractivity contribution in [3.63, 3.8) is 0 Å². The van der Waals surface area contributed by atoms with Gasteiger partial charge in [-0.25, -0.2) is 4.98 Å².